The molecule has 0 spiro atoms. The first kappa shape index (κ1) is 58.0. The van der Waals surface area contributed by atoms with Crippen LogP contribution < -0.4 is 0 Å². The van der Waals surface area contributed by atoms with E-state index in [0.717, 1.165) is 144 Å². The summed E-state index contributed by atoms with van der Waals surface area (Å²) in [5.74, 6) is 1.24. The molecule has 3 aromatic heterocycles. The molecule has 14 aromatic carbocycles. The van der Waals surface area contributed by atoms with Gasteiger partial charge in [-0.1, -0.05) is 206 Å². The Kier molecular flexibility index (Phi) is 14.5. The number of nitriles is 2. The van der Waals surface area contributed by atoms with Crippen molar-refractivity contribution in [2.24, 2.45) is 0 Å². The van der Waals surface area contributed by atoms with Crippen LogP contribution in [0, 0.1) is 29.2 Å². The summed E-state index contributed by atoms with van der Waals surface area (Å²) in [6, 6.07) is 118. The molecule has 98 heavy (non-hydrogen) atoms. The van der Waals surface area contributed by atoms with E-state index in [4.69, 9.17) is 21.5 Å². The lowest BCUT2D eigenvalue weighted by atomic mass is 9.96. The van der Waals surface area contributed by atoms with E-state index in [2.05, 4.69) is 238 Å². The van der Waals surface area contributed by atoms with Gasteiger partial charge in [-0.15, -0.1) is 0 Å². The van der Waals surface area contributed by atoms with Gasteiger partial charge in [0.2, 0.25) is 0 Å². The number of nitrogens with zero attached hydrogens (tertiary/aromatic N) is 8. The average Bonchev–Trinajstić information content (AvgIpc) is 1.56. The molecule has 3 heterocycles. The summed E-state index contributed by atoms with van der Waals surface area (Å²) in [6.45, 7) is 8.26. The topological polar surface area (TPSA) is 100 Å². The maximum atomic E-state index is 10.5. The van der Waals surface area contributed by atoms with Crippen molar-refractivity contribution in [3.63, 3.8) is 0 Å². The van der Waals surface area contributed by atoms with Crippen LogP contribution in [0.3, 0.4) is 0 Å². The highest BCUT2D eigenvalue weighted by Gasteiger charge is 2.24. The van der Waals surface area contributed by atoms with Gasteiger partial charge in [-0.3, -0.25) is 0 Å². The molecule has 0 amide bonds. The minimum absolute atomic E-state index is 0.406. The van der Waals surface area contributed by atoms with Crippen molar-refractivity contribution in [1.29, 1.82) is 10.5 Å². The fraction of sp³-hybridized carbons (Fsp3) is 0. The zero-order chi connectivity index (χ0) is 65.6. The summed E-state index contributed by atoms with van der Waals surface area (Å²) in [5.41, 5.74) is 23.7. The molecule has 0 saturated carbocycles. The first-order valence-electron chi connectivity index (χ1n) is 32.4. The van der Waals surface area contributed by atoms with E-state index in [1.165, 1.54) is 0 Å². The van der Waals surface area contributed by atoms with E-state index in [0.29, 0.717) is 39.9 Å². The van der Waals surface area contributed by atoms with Crippen LogP contribution in [0.2, 0.25) is 0 Å². The van der Waals surface area contributed by atoms with Crippen LogP contribution in [0.25, 0.3) is 172 Å². The van der Waals surface area contributed by atoms with Gasteiger partial charge in [0.15, 0.2) is 23.2 Å². The largest absolute Gasteiger partial charge is 0.309 e. The van der Waals surface area contributed by atoms with Crippen LogP contribution in [0.5, 0.6) is 0 Å². The molecule has 0 unspecified atom stereocenters. The van der Waals surface area contributed by atoms with Crippen molar-refractivity contribution in [3.05, 3.63) is 350 Å². The molecule has 0 aliphatic heterocycles. The minimum Gasteiger partial charge on any atom is -0.309 e. The monoisotopic (exact) mass is 1250 g/mol. The van der Waals surface area contributed by atoms with Gasteiger partial charge in [0.25, 0.3) is 0 Å². The number of hydrogen-bond acceptors (Lipinski definition) is 5. The van der Waals surface area contributed by atoms with Gasteiger partial charge < -0.3 is 9.13 Å². The summed E-state index contributed by atoms with van der Waals surface area (Å²) in [4.78, 5) is 20.5. The van der Waals surface area contributed by atoms with E-state index >= 15 is 0 Å². The molecular weight excluding hydrogens is 1190 g/mol. The predicted octanol–water partition coefficient (Wildman–Crippen LogP) is 23.0. The maximum Gasteiger partial charge on any atom is 0.187 e. The quantitative estimate of drug-likeness (QED) is 0.113. The van der Waals surface area contributed by atoms with Crippen LogP contribution in [0.15, 0.2) is 328 Å². The molecule has 0 radical (unpaired) electrons. The number of aromatic nitrogens is 5. The second kappa shape index (κ2) is 24.6. The highest BCUT2D eigenvalue weighted by atomic mass is 15.0. The predicted molar refractivity (Wildman–Crippen MR) is 399 cm³/mol. The fourth-order valence-electron chi connectivity index (χ4n) is 13.9. The van der Waals surface area contributed by atoms with E-state index < -0.39 is 0 Å². The lowest BCUT2D eigenvalue weighted by Crippen LogP contribution is -2.04. The molecule has 17 rings (SSSR count). The number of rotatable bonds is 12. The summed E-state index contributed by atoms with van der Waals surface area (Å²) in [7, 11) is 0. The second-order valence-electron chi connectivity index (χ2n) is 24.5. The zero-order valence-electron chi connectivity index (χ0n) is 52.8. The molecule has 0 atom stereocenters. The Morgan fingerprint density at radius 3 is 0.990 bits per heavy atom. The third-order valence-electron chi connectivity index (χ3n) is 18.6. The summed E-state index contributed by atoms with van der Waals surface area (Å²) in [5, 5.41) is 25.0. The lowest BCUT2D eigenvalue weighted by Gasteiger charge is -2.17. The Balaban J connectivity index is 0.899. The highest BCUT2D eigenvalue weighted by Crippen LogP contribution is 2.44. The van der Waals surface area contributed by atoms with Crippen molar-refractivity contribution in [2.75, 3.05) is 0 Å². The minimum atomic E-state index is 0.406. The molecular formula is C90H54N8. The second-order valence-corrected chi connectivity index (χ2v) is 24.5. The van der Waals surface area contributed by atoms with Crippen molar-refractivity contribution >= 4 is 49.3 Å². The molecule has 8 heteroatoms. The van der Waals surface area contributed by atoms with E-state index in [-0.39, 0.29) is 0 Å². The van der Waals surface area contributed by atoms with Crippen LogP contribution in [0.4, 0.5) is 5.69 Å². The van der Waals surface area contributed by atoms with Crippen molar-refractivity contribution < 1.29 is 0 Å². The van der Waals surface area contributed by atoms with Crippen molar-refractivity contribution in [1.82, 2.24) is 24.1 Å². The number of benzene rings is 14. The van der Waals surface area contributed by atoms with E-state index in [1.54, 1.807) is 6.07 Å². The Morgan fingerprint density at radius 1 is 0.255 bits per heavy atom. The smallest absolute Gasteiger partial charge is 0.187 e. The average molecular weight is 1250 g/mol. The Hall–Kier alpha value is -13.8. The van der Waals surface area contributed by atoms with Gasteiger partial charge in [0.1, 0.15) is 0 Å². The third-order valence-corrected chi connectivity index (χ3v) is 18.6. The van der Waals surface area contributed by atoms with Crippen LogP contribution in [0.1, 0.15) is 11.1 Å². The Bertz CT molecular complexity index is 5630. The molecule has 454 valence electrons. The third kappa shape index (κ3) is 10.6. The van der Waals surface area contributed by atoms with Gasteiger partial charge in [-0.05, 0) is 199 Å². The fourth-order valence-corrected chi connectivity index (χ4v) is 13.9. The van der Waals surface area contributed by atoms with E-state index in [1.807, 2.05) is 109 Å². The van der Waals surface area contributed by atoms with E-state index in [9.17, 15) is 10.5 Å². The first-order valence-corrected chi connectivity index (χ1v) is 32.4. The van der Waals surface area contributed by atoms with Gasteiger partial charge in [0.05, 0.1) is 51.9 Å². The number of fused-ring (bicyclic) bond motifs is 6. The van der Waals surface area contributed by atoms with Gasteiger partial charge in [-0.25, -0.2) is 19.8 Å². The van der Waals surface area contributed by atoms with Crippen LogP contribution >= 0.6 is 0 Å². The summed E-state index contributed by atoms with van der Waals surface area (Å²) >= 11 is 0. The molecule has 0 N–H and O–H groups in total. The highest BCUT2D eigenvalue weighted by molar-refractivity contribution is 6.13. The Morgan fingerprint density at radius 2 is 0.582 bits per heavy atom. The molecule has 0 aliphatic carbocycles. The number of hydrogen-bond donors (Lipinski definition) is 0. The molecule has 0 bridgehead atoms. The summed E-state index contributed by atoms with van der Waals surface area (Å²) < 4.78 is 4.67. The SMILES string of the molecule is [C-]#[N+]c1cccc(-c2cc(-n3c4ccc(-c5ccccc5)cc4c4cc(-c5ccccc5)ccc43)ccc2-c2nc(-c3cccc(-c4cccc(C#N)c4)c3)nc(-c3ccc(-n4c5ccc(-c6ccccc6)cc5c5cc(-c6ccccc6)ccc54)cc3-c3cccc(C#N)c3)n2)c1. The first-order chi connectivity index (χ1) is 48.4. The molecule has 0 aliphatic rings. The van der Waals surface area contributed by atoms with Crippen molar-refractivity contribution in [2.45, 2.75) is 0 Å². The van der Waals surface area contributed by atoms with Crippen LogP contribution in [-0.4, -0.2) is 24.1 Å². The van der Waals surface area contributed by atoms with Crippen molar-refractivity contribution in [3.8, 4) is 136 Å². The van der Waals surface area contributed by atoms with Gasteiger partial charge in [-0.2, -0.15) is 10.5 Å². The molecule has 8 nitrogen and oxygen atoms in total. The summed E-state index contributed by atoms with van der Waals surface area (Å²) in [6.07, 6.45) is 0. The standard InChI is InChI=1S/C90H54N8/c1-93-73-33-17-31-71(49-73)79-55-75(98-86-44-36-68(62-24-10-4-11-25-62)52-82(86)83-53-69(37-45-87(83)98)63-26-12-5-13-27-63)39-41-77(79)90-95-88(72-32-16-29-65(48-72)64-28-14-18-58(46-64)56-91)94-89(96-90)76-40-38-74(54-78(76)70-30-15-19-59(47-70)57-92)97-84-42-34-66(60-20-6-2-7-21-60)50-80(84)81-51-67(35-43-85(81)97)61-22-8-3-9-23-61/h2-55H. The Labute approximate surface area is 566 Å². The van der Waals surface area contributed by atoms with Gasteiger partial charge in [0, 0.05) is 49.6 Å². The molecule has 17 aromatic rings. The van der Waals surface area contributed by atoms with Gasteiger partial charge >= 0.3 is 0 Å². The van der Waals surface area contributed by atoms with Crippen LogP contribution in [-0.2, 0) is 0 Å². The normalized spacial score (nSPS) is 11.2. The molecule has 0 fully saturated rings. The maximum absolute atomic E-state index is 10.5. The molecule has 0 saturated heterocycles. The lowest BCUT2D eigenvalue weighted by molar-refractivity contribution is 1.07. The zero-order valence-corrected chi connectivity index (χ0v) is 52.8.